The van der Waals surface area contributed by atoms with Gasteiger partial charge in [-0.05, 0) is 54.8 Å². The Morgan fingerprint density at radius 2 is 1.65 bits per heavy atom. The van der Waals surface area contributed by atoms with Crippen molar-refractivity contribution in [2.45, 2.75) is 33.1 Å². The van der Waals surface area contributed by atoms with Crippen molar-refractivity contribution in [3.63, 3.8) is 0 Å². The predicted molar refractivity (Wildman–Crippen MR) is 100 cm³/mol. The Morgan fingerprint density at radius 1 is 1.00 bits per heavy atom. The molecule has 0 amide bonds. The summed E-state index contributed by atoms with van der Waals surface area (Å²) in [5, 5.41) is 0. The molecule has 0 saturated carbocycles. The van der Waals surface area contributed by atoms with Crippen molar-refractivity contribution in [3.05, 3.63) is 70.9 Å². The molecule has 23 heavy (non-hydrogen) atoms. The topological polar surface area (TPSA) is 15.6 Å². The third-order valence-electron chi connectivity index (χ3n) is 4.60. The summed E-state index contributed by atoms with van der Waals surface area (Å²) in [7, 11) is 2.13. The Labute approximate surface area is 139 Å². The highest BCUT2D eigenvalue weighted by Gasteiger charge is 2.37. The lowest BCUT2D eigenvalue weighted by Gasteiger charge is -2.23. The molecule has 0 spiro atoms. The number of aliphatic imine (C=N–C) groups is 1. The number of benzene rings is 2. The molecule has 1 aliphatic rings. The molecule has 118 valence electrons. The zero-order chi connectivity index (χ0) is 16.6. The SMILES string of the molecule is Cc1cc(C)cc(N=CC=C2N(C)c3ccccc3C2(C)C)c1. The molecule has 0 aromatic heterocycles. The fraction of sp³-hybridized carbons (Fsp3) is 0.286. The third-order valence-corrected chi connectivity index (χ3v) is 4.60. The molecular formula is C21H24N2. The molecule has 0 radical (unpaired) electrons. The van der Waals surface area contributed by atoms with Crippen LogP contribution < -0.4 is 4.90 Å². The summed E-state index contributed by atoms with van der Waals surface area (Å²) < 4.78 is 0. The van der Waals surface area contributed by atoms with E-state index in [4.69, 9.17) is 0 Å². The molecule has 0 atom stereocenters. The lowest BCUT2D eigenvalue weighted by atomic mass is 9.84. The van der Waals surface area contributed by atoms with Crippen molar-refractivity contribution in [2.75, 3.05) is 11.9 Å². The molecule has 0 saturated heterocycles. The molecule has 0 unspecified atom stereocenters. The minimum absolute atomic E-state index is 0.000115. The number of nitrogens with zero attached hydrogens (tertiary/aromatic N) is 2. The number of fused-ring (bicyclic) bond motifs is 1. The van der Waals surface area contributed by atoms with Crippen LogP contribution in [-0.2, 0) is 5.41 Å². The number of para-hydroxylation sites is 1. The van der Waals surface area contributed by atoms with Crippen LogP contribution >= 0.6 is 0 Å². The Morgan fingerprint density at radius 3 is 2.30 bits per heavy atom. The van der Waals surface area contributed by atoms with Gasteiger partial charge >= 0.3 is 0 Å². The number of allylic oxidation sites excluding steroid dienone is 2. The summed E-state index contributed by atoms with van der Waals surface area (Å²) in [6.07, 6.45) is 4.06. The van der Waals surface area contributed by atoms with Gasteiger partial charge in [0.05, 0.1) is 5.69 Å². The maximum Gasteiger partial charge on any atom is 0.0634 e. The maximum absolute atomic E-state index is 4.63. The van der Waals surface area contributed by atoms with Crippen LogP contribution in [0.1, 0.15) is 30.5 Å². The molecular weight excluding hydrogens is 280 g/mol. The summed E-state index contributed by atoms with van der Waals surface area (Å²) in [6.45, 7) is 8.75. The first kappa shape index (κ1) is 15.5. The molecule has 0 bridgehead atoms. The van der Waals surface area contributed by atoms with E-state index in [9.17, 15) is 0 Å². The van der Waals surface area contributed by atoms with Crippen LogP contribution in [0.5, 0.6) is 0 Å². The first-order valence-corrected chi connectivity index (χ1v) is 8.06. The molecule has 0 aliphatic carbocycles. The molecule has 1 heterocycles. The Balaban J connectivity index is 1.93. The van der Waals surface area contributed by atoms with E-state index in [0.717, 1.165) is 5.69 Å². The largest absolute Gasteiger partial charge is 0.347 e. The van der Waals surface area contributed by atoms with Crippen molar-refractivity contribution in [1.82, 2.24) is 0 Å². The molecule has 2 aromatic carbocycles. The number of aryl methyl sites for hydroxylation is 2. The highest BCUT2D eigenvalue weighted by molar-refractivity contribution is 5.81. The van der Waals surface area contributed by atoms with Gasteiger partial charge in [0.1, 0.15) is 0 Å². The van der Waals surface area contributed by atoms with Gasteiger partial charge in [0.15, 0.2) is 0 Å². The van der Waals surface area contributed by atoms with Gasteiger partial charge in [-0.2, -0.15) is 0 Å². The Hall–Kier alpha value is -2.35. The first-order chi connectivity index (χ1) is 10.9. The van der Waals surface area contributed by atoms with Gasteiger partial charge in [0.25, 0.3) is 0 Å². The fourth-order valence-corrected chi connectivity index (χ4v) is 3.52. The monoisotopic (exact) mass is 304 g/mol. The average molecular weight is 304 g/mol. The summed E-state index contributed by atoms with van der Waals surface area (Å²) in [4.78, 5) is 6.89. The summed E-state index contributed by atoms with van der Waals surface area (Å²) in [6, 6.07) is 15.0. The summed E-state index contributed by atoms with van der Waals surface area (Å²) >= 11 is 0. The van der Waals surface area contributed by atoms with Crippen LogP contribution in [0.25, 0.3) is 0 Å². The second kappa shape index (κ2) is 5.69. The Bertz CT molecular complexity index is 777. The van der Waals surface area contributed by atoms with Gasteiger partial charge in [-0.3, -0.25) is 4.99 Å². The fourth-order valence-electron chi connectivity index (χ4n) is 3.52. The van der Waals surface area contributed by atoms with E-state index < -0.39 is 0 Å². The lowest BCUT2D eigenvalue weighted by Crippen LogP contribution is -2.23. The molecule has 2 nitrogen and oxygen atoms in total. The van der Waals surface area contributed by atoms with Gasteiger partial charge in [-0.25, -0.2) is 0 Å². The van der Waals surface area contributed by atoms with E-state index in [1.165, 1.54) is 28.1 Å². The molecule has 1 aliphatic heterocycles. The standard InChI is InChI=1S/C21H24N2/c1-15-12-16(2)14-17(13-15)22-11-10-20-21(3,4)18-8-6-7-9-19(18)23(20)5/h6-14H,1-5H3. The van der Waals surface area contributed by atoms with Crippen LogP contribution in [0.3, 0.4) is 0 Å². The van der Waals surface area contributed by atoms with Crippen LogP contribution in [0, 0.1) is 13.8 Å². The van der Waals surface area contributed by atoms with Gasteiger partial charge in [0, 0.05) is 30.1 Å². The van der Waals surface area contributed by atoms with E-state index >= 15 is 0 Å². The molecule has 3 rings (SSSR count). The van der Waals surface area contributed by atoms with Crippen molar-refractivity contribution in [3.8, 4) is 0 Å². The Kier molecular flexibility index (Phi) is 3.85. The van der Waals surface area contributed by atoms with Crippen LogP contribution in [0.4, 0.5) is 11.4 Å². The number of rotatable bonds is 2. The van der Waals surface area contributed by atoms with Crippen molar-refractivity contribution < 1.29 is 0 Å². The first-order valence-electron chi connectivity index (χ1n) is 8.06. The second-order valence-electron chi connectivity index (χ2n) is 6.88. The second-order valence-corrected chi connectivity index (χ2v) is 6.88. The van der Waals surface area contributed by atoms with E-state index in [-0.39, 0.29) is 5.41 Å². The normalized spacial score (nSPS) is 18.0. The number of likely N-dealkylation sites (N-methyl/N-ethyl adjacent to an activating group) is 1. The number of hydrogen-bond donors (Lipinski definition) is 0. The molecule has 2 aromatic rings. The molecule has 2 heteroatoms. The van der Waals surface area contributed by atoms with Crippen LogP contribution in [0.2, 0.25) is 0 Å². The van der Waals surface area contributed by atoms with Gasteiger partial charge < -0.3 is 4.90 Å². The van der Waals surface area contributed by atoms with E-state index in [1.54, 1.807) is 0 Å². The zero-order valence-corrected chi connectivity index (χ0v) is 14.6. The summed E-state index contributed by atoms with van der Waals surface area (Å²) in [5.74, 6) is 0. The van der Waals surface area contributed by atoms with Gasteiger partial charge in [-0.1, -0.05) is 38.1 Å². The third kappa shape index (κ3) is 2.81. The highest BCUT2D eigenvalue weighted by atomic mass is 15.2. The molecule has 0 fully saturated rings. The number of hydrogen-bond acceptors (Lipinski definition) is 2. The van der Waals surface area contributed by atoms with Crippen LogP contribution in [0.15, 0.2) is 59.2 Å². The zero-order valence-electron chi connectivity index (χ0n) is 14.6. The van der Waals surface area contributed by atoms with Gasteiger partial charge in [-0.15, -0.1) is 0 Å². The van der Waals surface area contributed by atoms with E-state index in [0.29, 0.717) is 0 Å². The van der Waals surface area contributed by atoms with Crippen molar-refractivity contribution in [2.24, 2.45) is 4.99 Å². The van der Waals surface area contributed by atoms with Crippen molar-refractivity contribution >= 4 is 17.6 Å². The quantitative estimate of drug-likeness (QED) is 0.686. The lowest BCUT2D eigenvalue weighted by molar-refractivity contribution is 0.641. The minimum Gasteiger partial charge on any atom is -0.347 e. The highest BCUT2D eigenvalue weighted by Crippen LogP contribution is 2.46. The van der Waals surface area contributed by atoms with Gasteiger partial charge in [0.2, 0.25) is 0 Å². The molecule has 0 N–H and O–H groups in total. The average Bonchev–Trinajstić information content (AvgIpc) is 2.68. The number of anilines is 1. The van der Waals surface area contributed by atoms with Crippen LogP contribution in [-0.4, -0.2) is 13.3 Å². The predicted octanol–water partition coefficient (Wildman–Crippen LogP) is 5.32. The van der Waals surface area contributed by atoms with E-state index in [1.807, 2.05) is 6.21 Å². The smallest absolute Gasteiger partial charge is 0.0634 e. The maximum atomic E-state index is 4.63. The minimum atomic E-state index is -0.000115. The van der Waals surface area contributed by atoms with Crippen molar-refractivity contribution in [1.29, 1.82) is 0 Å². The van der Waals surface area contributed by atoms with E-state index in [2.05, 4.69) is 93.2 Å². The summed E-state index contributed by atoms with van der Waals surface area (Å²) in [5.41, 5.74) is 7.42.